The van der Waals surface area contributed by atoms with Gasteiger partial charge in [0.25, 0.3) is 0 Å². The average Bonchev–Trinajstić information content (AvgIpc) is 2.47. The highest BCUT2D eigenvalue weighted by Gasteiger charge is 2.21. The molecule has 1 heterocycles. The lowest BCUT2D eigenvalue weighted by Crippen LogP contribution is -2.23. The Bertz CT molecular complexity index is 459. The van der Waals surface area contributed by atoms with Crippen LogP contribution in [0.15, 0.2) is 24.4 Å². The molecule has 1 saturated carbocycles. The summed E-state index contributed by atoms with van der Waals surface area (Å²) in [5, 5.41) is 8.55. The lowest BCUT2D eigenvalue weighted by atomic mass is 9.86. The molecule has 20 heavy (non-hydrogen) atoms. The maximum atomic E-state index is 10.4. The van der Waals surface area contributed by atoms with Crippen molar-refractivity contribution < 1.29 is 14.6 Å². The van der Waals surface area contributed by atoms with Gasteiger partial charge in [-0.15, -0.1) is 0 Å². The molecule has 0 bridgehead atoms. The molecule has 1 aromatic rings. The van der Waals surface area contributed by atoms with Crippen LogP contribution in [0.5, 0.6) is 5.75 Å². The van der Waals surface area contributed by atoms with Crippen molar-refractivity contribution in [2.45, 2.75) is 45.1 Å². The molecule has 1 fully saturated rings. The first-order chi connectivity index (χ1) is 9.67. The summed E-state index contributed by atoms with van der Waals surface area (Å²) in [6, 6.07) is 3.62. The van der Waals surface area contributed by atoms with Crippen LogP contribution < -0.4 is 4.74 Å². The molecule has 108 valence electrons. The van der Waals surface area contributed by atoms with E-state index in [4.69, 9.17) is 9.84 Å². The van der Waals surface area contributed by atoms with E-state index < -0.39 is 5.97 Å². The summed E-state index contributed by atoms with van der Waals surface area (Å²) in [5.74, 6) is 0.647. The second-order valence-electron chi connectivity index (χ2n) is 5.26. The van der Waals surface area contributed by atoms with Gasteiger partial charge < -0.3 is 9.84 Å². The highest BCUT2D eigenvalue weighted by atomic mass is 16.5. The van der Waals surface area contributed by atoms with E-state index in [0.29, 0.717) is 11.8 Å². The molecule has 0 spiro atoms. The van der Waals surface area contributed by atoms with Crippen LogP contribution in [0.25, 0.3) is 6.08 Å². The Balaban J connectivity index is 1.86. The SMILES string of the molecule is CCC1CCC(Oc2ccc(C=CC(=O)O)nc2)CC1. The standard InChI is InChI=1S/C16H21NO3/c1-2-12-3-7-14(8-4-12)20-15-9-5-13(17-11-15)6-10-16(18)19/h5-6,9-12,14H,2-4,7-8H2,1H3,(H,18,19). The Morgan fingerprint density at radius 2 is 2.15 bits per heavy atom. The van der Waals surface area contributed by atoms with E-state index in [1.165, 1.54) is 25.3 Å². The highest BCUT2D eigenvalue weighted by molar-refractivity contribution is 5.84. The van der Waals surface area contributed by atoms with Crippen molar-refractivity contribution >= 4 is 12.0 Å². The summed E-state index contributed by atoms with van der Waals surface area (Å²) in [4.78, 5) is 14.6. The molecule has 1 aromatic heterocycles. The maximum Gasteiger partial charge on any atom is 0.328 e. The van der Waals surface area contributed by atoms with Crippen LogP contribution in [0.4, 0.5) is 0 Å². The molecule has 1 N–H and O–H groups in total. The zero-order valence-electron chi connectivity index (χ0n) is 11.8. The molecule has 1 aliphatic rings. The summed E-state index contributed by atoms with van der Waals surface area (Å²) in [6.07, 6.45) is 10.5. The smallest absolute Gasteiger partial charge is 0.328 e. The lowest BCUT2D eigenvalue weighted by molar-refractivity contribution is -0.131. The Kier molecular flexibility index (Phi) is 5.16. The number of carboxylic acids is 1. The third-order valence-corrected chi connectivity index (χ3v) is 3.83. The van der Waals surface area contributed by atoms with Gasteiger partial charge in [-0.05, 0) is 49.8 Å². The molecule has 0 saturated heterocycles. The highest BCUT2D eigenvalue weighted by Crippen LogP contribution is 2.29. The molecule has 0 atom stereocenters. The van der Waals surface area contributed by atoms with Gasteiger partial charge in [0.1, 0.15) is 5.75 Å². The molecule has 0 amide bonds. The fourth-order valence-corrected chi connectivity index (χ4v) is 2.57. The minimum atomic E-state index is -0.972. The van der Waals surface area contributed by atoms with Gasteiger partial charge in [0.05, 0.1) is 18.0 Å². The summed E-state index contributed by atoms with van der Waals surface area (Å²) >= 11 is 0. The van der Waals surface area contributed by atoms with Crippen molar-refractivity contribution in [3.63, 3.8) is 0 Å². The van der Waals surface area contributed by atoms with E-state index in [1.807, 2.05) is 6.07 Å². The van der Waals surface area contributed by atoms with E-state index in [2.05, 4.69) is 11.9 Å². The summed E-state index contributed by atoms with van der Waals surface area (Å²) in [5.41, 5.74) is 0.620. The monoisotopic (exact) mass is 275 g/mol. The van der Waals surface area contributed by atoms with Gasteiger partial charge in [0, 0.05) is 6.08 Å². The normalized spacial score (nSPS) is 22.9. The lowest BCUT2D eigenvalue weighted by Gasteiger charge is -2.28. The van der Waals surface area contributed by atoms with Gasteiger partial charge in [-0.25, -0.2) is 4.79 Å². The fourth-order valence-electron chi connectivity index (χ4n) is 2.57. The molecule has 4 heteroatoms. The van der Waals surface area contributed by atoms with Crippen molar-refractivity contribution in [1.29, 1.82) is 0 Å². The summed E-state index contributed by atoms with van der Waals surface area (Å²) < 4.78 is 5.93. The van der Waals surface area contributed by atoms with Crippen LogP contribution in [0.1, 0.15) is 44.7 Å². The third-order valence-electron chi connectivity index (χ3n) is 3.83. The fraction of sp³-hybridized carbons (Fsp3) is 0.500. The molecular formula is C16H21NO3. The van der Waals surface area contributed by atoms with E-state index in [0.717, 1.165) is 30.6 Å². The number of nitrogens with zero attached hydrogens (tertiary/aromatic N) is 1. The topological polar surface area (TPSA) is 59.4 Å². The van der Waals surface area contributed by atoms with E-state index >= 15 is 0 Å². The van der Waals surface area contributed by atoms with Gasteiger partial charge >= 0.3 is 5.97 Å². The van der Waals surface area contributed by atoms with Gasteiger partial charge in [0.15, 0.2) is 0 Å². The number of aromatic nitrogens is 1. The van der Waals surface area contributed by atoms with Gasteiger partial charge in [-0.3, -0.25) is 4.98 Å². The van der Waals surface area contributed by atoms with Crippen molar-refractivity contribution in [1.82, 2.24) is 4.98 Å². The predicted octanol–water partition coefficient (Wildman–Crippen LogP) is 3.53. The minimum absolute atomic E-state index is 0.292. The summed E-state index contributed by atoms with van der Waals surface area (Å²) in [6.45, 7) is 2.25. The molecular weight excluding hydrogens is 254 g/mol. The molecule has 4 nitrogen and oxygen atoms in total. The Morgan fingerprint density at radius 3 is 2.70 bits per heavy atom. The van der Waals surface area contributed by atoms with Crippen LogP contribution in [-0.2, 0) is 4.79 Å². The van der Waals surface area contributed by atoms with Gasteiger partial charge in [-0.2, -0.15) is 0 Å². The van der Waals surface area contributed by atoms with Crippen molar-refractivity contribution in [3.05, 3.63) is 30.1 Å². The first kappa shape index (κ1) is 14.6. The van der Waals surface area contributed by atoms with Crippen LogP contribution >= 0.6 is 0 Å². The van der Waals surface area contributed by atoms with E-state index in [9.17, 15) is 4.79 Å². The minimum Gasteiger partial charge on any atom is -0.489 e. The number of aliphatic carboxylic acids is 1. The Morgan fingerprint density at radius 1 is 1.40 bits per heavy atom. The van der Waals surface area contributed by atoms with Crippen molar-refractivity contribution in [2.24, 2.45) is 5.92 Å². The zero-order valence-corrected chi connectivity index (χ0v) is 11.8. The summed E-state index contributed by atoms with van der Waals surface area (Å²) in [7, 11) is 0. The molecule has 0 radical (unpaired) electrons. The van der Waals surface area contributed by atoms with Gasteiger partial charge in [-0.1, -0.05) is 13.3 Å². The molecule has 2 rings (SSSR count). The van der Waals surface area contributed by atoms with Crippen LogP contribution in [0.3, 0.4) is 0 Å². The third kappa shape index (κ3) is 4.37. The molecule has 0 unspecified atom stereocenters. The molecule has 1 aliphatic carbocycles. The first-order valence-electron chi connectivity index (χ1n) is 7.21. The Labute approximate surface area is 119 Å². The number of carboxylic acid groups (broad SMARTS) is 1. The number of ether oxygens (including phenoxy) is 1. The number of carbonyl (C=O) groups is 1. The quantitative estimate of drug-likeness (QED) is 0.835. The van der Waals surface area contributed by atoms with E-state index in [-0.39, 0.29) is 0 Å². The largest absolute Gasteiger partial charge is 0.489 e. The maximum absolute atomic E-state index is 10.4. The number of rotatable bonds is 5. The predicted molar refractivity (Wildman–Crippen MR) is 77.6 cm³/mol. The number of hydrogen-bond donors (Lipinski definition) is 1. The number of hydrogen-bond acceptors (Lipinski definition) is 3. The number of pyridine rings is 1. The van der Waals surface area contributed by atoms with Gasteiger partial charge in [0.2, 0.25) is 0 Å². The second kappa shape index (κ2) is 7.08. The van der Waals surface area contributed by atoms with Crippen LogP contribution in [0, 0.1) is 5.92 Å². The first-order valence-corrected chi connectivity index (χ1v) is 7.21. The average molecular weight is 275 g/mol. The van der Waals surface area contributed by atoms with Crippen LogP contribution in [-0.4, -0.2) is 22.2 Å². The zero-order chi connectivity index (χ0) is 14.4. The molecule has 0 aromatic carbocycles. The van der Waals surface area contributed by atoms with E-state index in [1.54, 1.807) is 12.3 Å². The van der Waals surface area contributed by atoms with Crippen LogP contribution in [0.2, 0.25) is 0 Å². The Hall–Kier alpha value is -1.84. The molecule has 0 aliphatic heterocycles. The van der Waals surface area contributed by atoms with Crippen molar-refractivity contribution in [3.8, 4) is 5.75 Å². The second-order valence-corrected chi connectivity index (χ2v) is 5.26. The van der Waals surface area contributed by atoms with Crippen molar-refractivity contribution in [2.75, 3.05) is 0 Å².